The second-order valence-electron chi connectivity index (χ2n) is 4.74. The van der Waals surface area contributed by atoms with Crippen LogP contribution in [0.3, 0.4) is 0 Å². The van der Waals surface area contributed by atoms with E-state index in [4.69, 9.17) is 4.74 Å². The van der Waals surface area contributed by atoms with Gasteiger partial charge in [0.1, 0.15) is 5.78 Å². The lowest BCUT2D eigenvalue weighted by molar-refractivity contribution is -0.119. The zero-order valence-corrected chi connectivity index (χ0v) is 11.9. The molecule has 4 nitrogen and oxygen atoms in total. The number of carbonyl (C=O) groups is 1. The van der Waals surface area contributed by atoms with E-state index in [0.29, 0.717) is 19.6 Å². The summed E-state index contributed by atoms with van der Waals surface area (Å²) in [5.41, 5.74) is 1.09. The molecule has 2 unspecified atom stereocenters. The van der Waals surface area contributed by atoms with Gasteiger partial charge in [-0.3, -0.25) is 4.79 Å². The molecule has 0 aliphatic carbocycles. The average molecular weight is 277 g/mol. The molecule has 0 saturated heterocycles. The molecule has 1 rings (SSSR count). The average Bonchev–Trinajstić information content (AvgIpc) is 2.44. The molecular formula is C16H23NO3. The summed E-state index contributed by atoms with van der Waals surface area (Å²) >= 11 is 0. The first-order valence-electron chi connectivity index (χ1n) is 6.78. The predicted octanol–water partition coefficient (Wildman–Crippen LogP) is 1.34. The molecule has 4 heteroatoms. The maximum Gasteiger partial charge on any atom is 0.147 e. The molecule has 1 aromatic carbocycles. The van der Waals surface area contributed by atoms with Crippen LogP contribution in [0.4, 0.5) is 0 Å². The molecule has 2 N–H and O–H groups in total. The Hall–Kier alpha value is -1.49. The number of nitrogens with one attached hydrogen (secondary N) is 1. The molecule has 0 heterocycles. The van der Waals surface area contributed by atoms with Crippen LogP contribution in [0.1, 0.15) is 12.5 Å². The van der Waals surface area contributed by atoms with E-state index in [1.165, 1.54) is 0 Å². The molecule has 0 saturated carbocycles. The second kappa shape index (κ2) is 9.42. The topological polar surface area (TPSA) is 58.6 Å². The third-order valence-corrected chi connectivity index (χ3v) is 2.92. The van der Waals surface area contributed by atoms with E-state index in [1.807, 2.05) is 30.3 Å². The van der Waals surface area contributed by atoms with E-state index in [-0.39, 0.29) is 18.4 Å². The van der Waals surface area contributed by atoms with Crippen molar-refractivity contribution in [2.45, 2.75) is 25.5 Å². The first-order valence-corrected chi connectivity index (χ1v) is 6.78. The van der Waals surface area contributed by atoms with Crippen LogP contribution in [0.5, 0.6) is 0 Å². The molecule has 0 radical (unpaired) electrons. The Morgan fingerprint density at radius 3 is 2.75 bits per heavy atom. The van der Waals surface area contributed by atoms with Crippen molar-refractivity contribution in [1.82, 2.24) is 5.32 Å². The predicted molar refractivity (Wildman–Crippen MR) is 79.6 cm³/mol. The molecule has 20 heavy (non-hydrogen) atoms. The SMILES string of the molecule is C=CCOCC(O)CNC(Cc1ccccc1)C(C)=O. The maximum atomic E-state index is 11.6. The quantitative estimate of drug-likeness (QED) is 0.500. The number of hydrogen-bond acceptors (Lipinski definition) is 4. The van der Waals surface area contributed by atoms with Crippen molar-refractivity contribution in [2.24, 2.45) is 0 Å². The van der Waals surface area contributed by atoms with Crippen LogP contribution in [0.25, 0.3) is 0 Å². The summed E-state index contributed by atoms with van der Waals surface area (Å²) in [6, 6.07) is 9.53. The number of ether oxygens (including phenoxy) is 1. The zero-order valence-electron chi connectivity index (χ0n) is 11.9. The van der Waals surface area contributed by atoms with Gasteiger partial charge in [0.05, 0.1) is 25.4 Å². The lowest BCUT2D eigenvalue weighted by Crippen LogP contribution is -2.42. The van der Waals surface area contributed by atoms with Crippen molar-refractivity contribution < 1.29 is 14.6 Å². The van der Waals surface area contributed by atoms with Gasteiger partial charge in [0.15, 0.2) is 0 Å². The highest BCUT2D eigenvalue weighted by molar-refractivity contribution is 5.81. The lowest BCUT2D eigenvalue weighted by Gasteiger charge is -2.18. The van der Waals surface area contributed by atoms with E-state index < -0.39 is 6.10 Å². The third kappa shape index (κ3) is 6.61. The van der Waals surface area contributed by atoms with E-state index >= 15 is 0 Å². The first kappa shape index (κ1) is 16.6. The molecule has 1 aromatic rings. The van der Waals surface area contributed by atoms with Gasteiger partial charge in [0.25, 0.3) is 0 Å². The first-order chi connectivity index (χ1) is 9.63. The molecular weight excluding hydrogens is 254 g/mol. The van der Waals surface area contributed by atoms with Crippen LogP contribution in [0.15, 0.2) is 43.0 Å². The van der Waals surface area contributed by atoms with Crippen LogP contribution in [0, 0.1) is 0 Å². The van der Waals surface area contributed by atoms with E-state index in [2.05, 4.69) is 11.9 Å². The van der Waals surface area contributed by atoms with Crippen LogP contribution >= 0.6 is 0 Å². The number of ketones is 1. The number of hydrogen-bond donors (Lipinski definition) is 2. The van der Waals surface area contributed by atoms with E-state index in [0.717, 1.165) is 5.56 Å². The number of Topliss-reactive ketones (excluding diaryl/α,β-unsaturated/α-hetero) is 1. The maximum absolute atomic E-state index is 11.6. The second-order valence-corrected chi connectivity index (χ2v) is 4.74. The van der Waals surface area contributed by atoms with Gasteiger partial charge in [-0.2, -0.15) is 0 Å². The van der Waals surface area contributed by atoms with Gasteiger partial charge in [0, 0.05) is 6.54 Å². The van der Waals surface area contributed by atoms with E-state index in [1.54, 1.807) is 13.0 Å². The van der Waals surface area contributed by atoms with Crippen LogP contribution in [-0.2, 0) is 16.0 Å². The van der Waals surface area contributed by atoms with Gasteiger partial charge >= 0.3 is 0 Å². The molecule has 0 amide bonds. The highest BCUT2D eigenvalue weighted by Gasteiger charge is 2.16. The van der Waals surface area contributed by atoms with Gasteiger partial charge in [0.2, 0.25) is 0 Å². The number of rotatable bonds is 10. The minimum Gasteiger partial charge on any atom is -0.389 e. The molecule has 0 aliphatic heterocycles. The monoisotopic (exact) mass is 277 g/mol. The van der Waals surface area contributed by atoms with Crippen molar-refractivity contribution in [1.29, 1.82) is 0 Å². The number of aliphatic hydroxyl groups is 1. The third-order valence-electron chi connectivity index (χ3n) is 2.92. The smallest absolute Gasteiger partial charge is 0.147 e. The molecule has 0 bridgehead atoms. The molecule has 0 aromatic heterocycles. The Kier molecular flexibility index (Phi) is 7.80. The Labute approximate surface area is 120 Å². The van der Waals surface area contributed by atoms with Crippen molar-refractivity contribution in [3.8, 4) is 0 Å². The summed E-state index contributed by atoms with van der Waals surface area (Å²) in [7, 11) is 0. The summed E-state index contributed by atoms with van der Waals surface area (Å²) < 4.78 is 5.16. The normalized spacial score (nSPS) is 13.7. The van der Waals surface area contributed by atoms with Crippen LogP contribution in [0.2, 0.25) is 0 Å². The van der Waals surface area contributed by atoms with Gasteiger partial charge in [-0.25, -0.2) is 0 Å². The minimum absolute atomic E-state index is 0.0630. The standard InChI is InChI=1S/C16H23NO3/c1-3-9-20-12-15(19)11-17-16(13(2)18)10-14-7-5-4-6-8-14/h3-8,15-17,19H,1,9-12H2,2H3. The molecule has 0 aliphatic rings. The zero-order chi connectivity index (χ0) is 14.8. The van der Waals surface area contributed by atoms with Crippen molar-refractivity contribution >= 4 is 5.78 Å². The fourth-order valence-electron chi connectivity index (χ4n) is 1.83. The summed E-state index contributed by atoms with van der Waals surface area (Å²) in [6.07, 6.45) is 1.62. The fraction of sp³-hybridized carbons (Fsp3) is 0.438. The largest absolute Gasteiger partial charge is 0.389 e. The fourth-order valence-corrected chi connectivity index (χ4v) is 1.83. The molecule has 2 atom stereocenters. The van der Waals surface area contributed by atoms with Crippen LogP contribution < -0.4 is 5.32 Å². The highest BCUT2D eigenvalue weighted by atomic mass is 16.5. The van der Waals surface area contributed by atoms with Crippen molar-refractivity contribution in [3.63, 3.8) is 0 Å². The summed E-state index contributed by atoms with van der Waals surface area (Å²) in [5, 5.41) is 12.8. The number of carbonyl (C=O) groups excluding carboxylic acids is 1. The summed E-state index contributed by atoms with van der Waals surface area (Å²) in [4.78, 5) is 11.6. The molecule has 0 fully saturated rings. The van der Waals surface area contributed by atoms with Gasteiger partial charge in [-0.05, 0) is 18.9 Å². The Morgan fingerprint density at radius 2 is 2.15 bits per heavy atom. The van der Waals surface area contributed by atoms with Crippen LogP contribution in [-0.4, -0.2) is 42.8 Å². The van der Waals surface area contributed by atoms with E-state index in [9.17, 15) is 9.90 Å². The number of aliphatic hydroxyl groups excluding tert-OH is 1. The number of benzene rings is 1. The Morgan fingerprint density at radius 1 is 1.45 bits per heavy atom. The Bertz CT molecular complexity index is 405. The molecule has 110 valence electrons. The van der Waals surface area contributed by atoms with Crippen molar-refractivity contribution in [2.75, 3.05) is 19.8 Å². The lowest BCUT2D eigenvalue weighted by atomic mass is 10.0. The molecule has 0 spiro atoms. The van der Waals surface area contributed by atoms with Gasteiger partial charge < -0.3 is 15.2 Å². The summed E-state index contributed by atoms with van der Waals surface area (Å²) in [5.74, 6) is 0.0630. The minimum atomic E-state index is -0.632. The Balaban J connectivity index is 2.39. The van der Waals surface area contributed by atoms with Crippen molar-refractivity contribution in [3.05, 3.63) is 48.6 Å². The van der Waals surface area contributed by atoms with Gasteiger partial charge in [-0.1, -0.05) is 36.4 Å². The highest BCUT2D eigenvalue weighted by Crippen LogP contribution is 2.04. The van der Waals surface area contributed by atoms with Gasteiger partial charge in [-0.15, -0.1) is 6.58 Å². The summed E-state index contributed by atoms with van der Waals surface area (Å²) in [6.45, 7) is 6.06.